The second-order valence-corrected chi connectivity index (χ2v) is 6.22. The van der Waals surface area contributed by atoms with Crippen LogP contribution < -0.4 is 10.6 Å². The minimum atomic E-state index is -1.08. The zero-order valence-corrected chi connectivity index (χ0v) is 15.0. The van der Waals surface area contributed by atoms with E-state index in [9.17, 15) is 18.4 Å². The van der Waals surface area contributed by atoms with Crippen molar-refractivity contribution in [2.75, 3.05) is 7.05 Å². The number of benzene rings is 2. The molecule has 0 saturated carbocycles. The van der Waals surface area contributed by atoms with E-state index in [0.717, 1.165) is 28.8 Å². The Morgan fingerprint density at radius 3 is 2.38 bits per heavy atom. The van der Waals surface area contributed by atoms with E-state index in [4.69, 9.17) is 0 Å². The van der Waals surface area contributed by atoms with E-state index in [-0.39, 0.29) is 17.9 Å². The largest absolute Gasteiger partial charge is 0.357 e. The predicted molar refractivity (Wildman–Crippen MR) is 95.5 cm³/mol. The Kier molecular flexibility index (Phi) is 6.44. The van der Waals surface area contributed by atoms with Crippen LogP contribution >= 0.6 is 0 Å². The minimum absolute atomic E-state index is 0.182. The molecule has 0 spiro atoms. The van der Waals surface area contributed by atoms with Crippen LogP contribution in [0.4, 0.5) is 8.78 Å². The Bertz CT molecular complexity index is 821. The first-order valence-electron chi connectivity index (χ1n) is 8.34. The molecule has 0 fully saturated rings. The highest BCUT2D eigenvalue weighted by atomic mass is 19.2. The summed E-state index contributed by atoms with van der Waals surface area (Å²) in [5.74, 6) is -2.93. The molecule has 26 heavy (non-hydrogen) atoms. The van der Waals surface area contributed by atoms with Gasteiger partial charge in [0, 0.05) is 13.5 Å². The number of carbonyl (C=O) groups excluding carboxylic acids is 2. The molecule has 0 aliphatic heterocycles. The van der Waals surface area contributed by atoms with Crippen LogP contribution in [0, 0.1) is 25.5 Å². The highest BCUT2D eigenvalue weighted by Crippen LogP contribution is 2.18. The summed E-state index contributed by atoms with van der Waals surface area (Å²) in [6, 6.07) is 8.05. The standard InChI is InChI=1S/C20H22F2N2O2/c1-12-4-5-14(13(2)10-12)7-9-18(25)24-19(20(26)23-3)15-6-8-16(21)17(22)11-15/h4-6,8,10-11,19H,7,9H2,1-3H3,(H,23,26)(H,24,25). The molecule has 4 nitrogen and oxygen atoms in total. The van der Waals surface area contributed by atoms with E-state index in [1.54, 1.807) is 0 Å². The van der Waals surface area contributed by atoms with Gasteiger partial charge in [0.25, 0.3) is 0 Å². The highest BCUT2D eigenvalue weighted by Gasteiger charge is 2.23. The second-order valence-electron chi connectivity index (χ2n) is 6.22. The van der Waals surface area contributed by atoms with Crippen molar-refractivity contribution in [3.63, 3.8) is 0 Å². The van der Waals surface area contributed by atoms with Crippen LogP contribution in [0.2, 0.25) is 0 Å². The van der Waals surface area contributed by atoms with Gasteiger partial charge in [0.05, 0.1) is 0 Å². The number of amides is 2. The number of rotatable bonds is 6. The van der Waals surface area contributed by atoms with Crippen LogP contribution in [0.15, 0.2) is 36.4 Å². The van der Waals surface area contributed by atoms with Gasteiger partial charge in [0.1, 0.15) is 6.04 Å². The molecule has 2 rings (SSSR count). The molecule has 0 aromatic heterocycles. The summed E-state index contributed by atoms with van der Waals surface area (Å²) in [6.45, 7) is 3.98. The molecule has 0 aliphatic carbocycles. The van der Waals surface area contributed by atoms with Crippen molar-refractivity contribution in [1.29, 1.82) is 0 Å². The minimum Gasteiger partial charge on any atom is -0.357 e. The lowest BCUT2D eigenvalue weighted by molar-refractivity contribution is -0.128. The predicted octanol–water partition coefficient (Wildman–Crippen LogP) is 3.12. The maximum Gasteiger partial charge on any atom is 0.246 e. The third-order valence-corrected chi connectivity index (χ3v) is 4.21. The molecule has 1 atom stereocenters. The summed E-state index contributed by atoms with van der Waals surface area (Å²) >= 11 is 0. The third kappa shape index (κ3) is 4.88. The van der Waals surface area contributed by atoms with E-state index in [2.05, 4.69) is 10.6 Å². The van der Waals surface area contributed by atoms with Gasteiger partial charge in [-0.05, 0) is 49.1 Å². The normalized spacial score (nSPS) is 11.7. The summed E-state index contributed by atoms with van der Waals surface area (Å²) in [5.41, 5.74) is 3.48. The number of carbonyl (C=O) groups is 2. The van der Waals surface area contributed by atoms with Gasteiger partial charge in [-0.15, -0.1) is 0 Å². The first-order chi connectivity index (χ1) is 12.3. The molecule has 0 saturated heterocycles. The Morgan fingerprint density at radius 1 is 1.04 bits per heavy atom. The van der Waals surface area contributed by atoms with Crippen LogP contribution in [-0.4, -0.2) is 18.9 Å². The maximum atomic E-state index is 13.5. The SMILES string of the molecule is CNC(=O)C(NC(=O)CCc1ccc(C)cc1C)c1ccc(F)c(F)c1. The van der Waals surface area contributed by atoms with E-state index in [1.165, 1.54) is 13.1 Å². The van der Waals surface area contributed by atoms with Crippen molar-refractivity contribution in [3.8, 4) is 0 Å². The van der Waals surface area contributed by atoms with Gasteiger partial charge in [-0.1, -0.05) is 29.8 Å². The van der Waals surface area contributed by atoms with E-state index in [1.807, 2.05) is 32.0 Å². The van der Waals surface area contributed by atoms with Crippen LogP contribution in [0.1, 0.15) is 34.7 Å². The van der Waals surface area contributed by atoms with Crippen molar-refractivity contribution in [2.45, 2.75) is 32.7 Å². The molecule has 2 N–H and O–H groups in total. The van der Waals surface area contributed by atoms with Crippen molar-refractivity contribution in [3.05, 3.63) is 70.3 Å². The summed E-state index contributed by atoms with van der Waals surface area (Å²) in [6.07, 6.45) is 0.706. The fourth-order valence-corrected chi connectivity index (χ4v) is 2.74. The number of aryl methyl sites for hydroxylation is 3. The highest BCUT2D eigenvalue weighted by molar-refractivity contribution is 5.88. The van der Waals surface area contributed by atoms with Crippen LogP contribution in [0.5, 0.6) is 0 Å². The molecule has 2 amide bonds. The van der Waals surface area contributed by atoms with Crippen molar-refractivity contribution >= 4 is 11.8 Å². The smallest absolute Gasteiger partial charge is 0.246 e. The lowest BCUT2D eigenvalue weighted by Crippen LogP contribution is -2.39. The maximum absolute atomic E-state index is 13.5. The number of hydrogen-bond acceptors (Lipinski definition) is 2. The molecule has 2 aromatic carbocycles. The molecule has 0 bridgehead atoms. The Labute approximate surface area is 151 Å². The van der Waals surface area contributed by atoms with E-state index < -0.39 is 23.6 Å². The third-order valence-electron chi connectivity index (χ3n) is 4.21. The fraction of sp³-hybridized carbons (Fsp3) is 0.300. The van der Waals surface area contributed by atoms with Crippen molar-refractivity contribution < 1.29 is 18.4 Å². The number of likely N-dealkylation sites (N-methyl/N-ethyl adjacent to an activating group) is 1. The first kappa shape index (κ1) is 19.6. The molecule has 0 aliphatic rings. The van der Waals surface area contributed by atoms with Gasteiger partial charge < -0.3 is 10.6 Å². The Balaban J connectivity index is 2.08. The number of hydrogen-bond donors (Lipinski definition) is 2. The Morgan fingerprint density at radius 2 is 1.77 bits per heavy atom. The lowest BCUT2D eigenvalue weighted by atomic mass is 10.0. The summed E-state index contributed by atoms with van der Waals surface area (Å²) in [4.78, 5) is 24.4. The number of nitrogens with one attached hydrogen (secondary N) is 2. The summed E-state index contributed by atoms with van der Waals surface area (Å²) in [5, 5.41) is 5.01. The average molecular weight is 360 g/mol. The zero-order chi connectivity index (χ0) is 19.3. The summed E-state index contributed by atoms with van der Waals surface area (Å²) in [7, 11) is 1.41. The quantitative estimate of drug-likeness (QED) is 0.832. The van der Waals surface area contributed by atoms with Gasteiger partial charge in [0.2, 0.25) is 11.8 Å². The van der Waals surface area contributed by atoms with Crippen molar-refractivity contribution in [1.82, 2.24) is 10.6 Å². The van der Waals surface area contributed by atoms with Crippen LogP contribution in [-0.2, 0) is 16.0 Å². The van der Waals surface area contributed by atoms with Crippen LogP contribution in [0.25, 0.3) is 0 Å². The monoisotopic (exact) mass is 360 g/mol. The molecule has 2 aromatic rings. The van der Waals surface area contributed by atoms with Gasteiger partial charge >= 0.3 is 0 Å². The molecule has 138 valence electrons. The molecule has 6 heteroatoms. The first-order valence-corrected chi connectivity index (χ1v) is 8.34. The fourth-order valence-electron chi connectivity index (χ4n) is 2.74. The van der Waals surface area contributed by atoms with Crippen molar-refractivity contribution in [2.24, 2.45) is 0 Å². The van der Waals surface area contributed by atoms with E-state index in [0.29, 0.717) is 6.42 Å². The topological polar surface area (TPSA) is 58.2 Å². The van der Waals surface area contributed by atoms with E-state index >= 15 is 0 Å². The van der Waals surface area contributed by atoms with Gasteiger partial charge in [0.15, 0.2) is 11.6 Å². The lowest BCUT2D eigenvalue weighted by Gasteiger charge is -2.18. The van der Waals surface area contributed by atoms with Crippen LogP contribution in [0.3, 0.4) is 0 Å². The Hall–Kier alpha value is -2.76. The molecular formula is C20H22F2N2O2. The molecule has 0 heterocycles. The summed E-state index contributed by atoms with van der Waals surface area (Å²) < 4.78 is 26.6. The average Bonchev–Trinajstić information content (AvgIpc) is 2.60. The zero-order valence-electron chi connectivity index (χ0n) is 15.0. The van der Waals surface area contributed by atoms with Gasteiger partial charge in [-0.2, -0.15) is 0 Å². The molecular weight excluding hydrogens is 338 g/mol. The molecule has 0 radical (unpaired) electrons. The second kappa shape index (κ2) is 8.56. The number of halogens is 2. The molecule has 1 unspecified atom stereocenters. The van der Waals surface area contributed by atoms with Gasteiger partial charge in [-0.25, -0.2) is 8.78 Å². The van der Waals surface area contributed by atoms with Gasteiger partial charge in [-0.3, -0.25) is 9.59 Å².